The number of allylic oxidation sites excluding steroid dienone is 4. The predicted octanol–water partition coefficient (Wildman–Crippen LogP) is 0.359. The second kappa shape index (κ2) is 11.8. The average molecular weight is 248 g/mol. The van der Waals surface area contributed by atoms with Crippen molar-refractivity contribution < 1.29 is 5.32 Å². The van der Waals surface area contributed by atoms with Gasteiger partial charge in [-0.05, 0) is 0 Å². The molecule has 6 heteroatoms. The Labute approximate surface area is 105 Å². The zero-order valence-electron chi connectivity index (χ0n) is 9.40. The Balaban J connectivity index is 0. The molecule has 0 aliphatic rings. The minimum Gasteiger partial charge on any atom is -0.351 e. The molecule has 0 unspecified atom stereocenters. The van der Waals surface area contributed by atoms with E-state index < -0.39 is 5.92 Å². The first-order valence-electron chi connectivity index (χ1n) is 4.43. The maximum atomic E-state index is 8.37. The lowest BCUT2D eigenvalue weighted by Crippen LogP contribution is -2.74. The molecule has 0 fully saturated rings. The Kier molecular flexibility index (Phi) is 11.8. The lowest BCUT2D eigenvalue weighted by Gasteiger charge is -2.01. The molecule has 0 aliphatic carbocycles. The summed E-state index contributed by atoms with van der Waals surface area (Å²) in [6, 6.07) is 6.40. The van der Waals surface area contributed by atoms with Gasteiger partial charge in [-0.3, -0.25) is 0 Å². The summed E-state index contributed by atoms with van der Waals surface area (Å²) < 4.78 is 0. The van der Waals surface area contributed by atoms with E-state index in [4.69, 9.17) is 32.6 Å². The summed E-state index contributed by atoms with van der Waals surface area (Å²) in [6.45, 7) is 0. The summed E-state index contributed by atoms with van der Waals surface area (Å²) in [5, 5.41) is 35.3. The van der Waals surface area contributed by atoms with Gasteiger partial charge in [-0.1, -0.05) is 0 Å². The van der Waals surface area contributed by atoms with Gasteiger partial charge in [0.25, 0.3) is 0 Å². The van der Waals surface area contributed by atoms with Crippen molar-refractivity contribution in [3.8, 4) is 24.3 Å². The molecule has 0 saturated carbocycles. The van der Waals surface area contributed by atoms with Crippen LogP contribution in [0.5, 0.6) is 0 Å². The highest BCUT2D eigenvalue weighted by molar-refractivity contribution is 6.31. The predicted molar refractivity (Wildman–Crippen MR) is 60.4 cm³/mol. The van der Waals surface area contributed by atoms with Crippen molar-refractivity contribution in [3.63, 3.8) is 0 Å². The minimum atomic E-state index is -1.10. The molecule has 0 aromatic carbocycles. The topological polar surface area (TPSA) is 112 Å². The second-order valence-electron chi connectivity index (χ2n) is 2.54. The third kappa shape index (κ3) is 9.98. The van der Waals surface area contributed by atoms with Gasteiger partial charge in [-0.25, -0.2) is 6.08 Å². The lowest BCUT2D eigenvalue weighted by atomic mass is 10.1. The van der Waals surface area contributed by atoms with Crippen molar-refractivity contribution in [2.45, 2.75) is 0 Å². The summed E-state index contributed by atoms with van der Waals surface area (Å²) in [7, 11) is 4.00. The Bertz CT molecular complexity index is 420. The molecule has 0 bridgehead atoms. The van der Waals surface area contributed by atoms with E-state index in [1.54, 1.807) is 24.3 Å². The second-order valence-corrected chi connectivity index (χ2v) is 2.95. The van der Waals surface area contributed by atoms with Crippen molar-refractivity contribution in [2.24, 2.45) is 5.92 Å². The van der Waals surface area contributed by atoms with Gasteiger partial charge < -0.3 is 5.32 Å². The Morgan fingerprint density at radius 2 is 1.59 bits per heavy atom. The largest absolute Gasteiger partial charge is 0.351 e. The van der Waals surface area contributed by atoms with E-state index in [1.165, 1.54) is 0 Å². The van der Waals surface area contributed by atoms with E-state index in [0.29, 0.717) is 0 Å². The average Bonchev–Trinajstić information content (AvgIpc) is 2.34. The van der Waals surface area contributed by atoms with Gasteiger partial charge in [0.05, 0.1) is 49.9 Å². The van der Waals surface area contributed by atoms with Gasteiger partial charge in [0.1, 0.15) is 0 Å². The Hall–Kier alpha value is -2.31. The molecule has 2 N–H and O–H groups in total. The molecular weight excluding hydrogens is 238 g/mol. The van der Waals surface area contributed by atoms with Gasteiger partial charge in [0.2, 0.25) is 0 Å². The van der Waals surface area contributed by atoms with Crippen molar-refractivity contribution in [3.05, 3.63) is 22.8 Å². The molecule has 0 aliphatic heterocycles. The van der Waals surface area contributed by atoms with E-state index in [0.717, 1.165) is 6.08 Å². The van der Waals surface area contributed by atoms with Crippen LogP contribution in [0.4, 0.5) is 0 Å². The van der Waals surface area contributed by atoms with Crippen molar-refractivity contribution >= 4 is 11.6 Å². The van der Waals surface area contributed by atoms with Crippen molar-refractivity contribution in [1.82, 2.24) is 0 Å². The third-order valence-electron chi connectivity index (χ3n) is 1.05. The highest BCUT2D eigenvalue weighted by Gasteiger charge is 1.92. The van der Waals surface area contributed by atoms with Crippen LogP contribution in [-0.4, -0.2) is 14.1 Å². The van der Waals surface area contributed by atoms with E-state index in [9.17, 15) is 0 Å². The van der Waals surface area contributed by atoms with Crippen LogP contribution in [0.3, 0.4) is 0 Å². The molecule has 0 atom stereocenters. The summed E-state index contributed by atoms with van der Waals surface area (Å²) in [6.07, 6.45) is 3.34. The molecule has 17 heavy (non-hydrogen) atoms. The maximum absolute atomic E-state index is 8.37. The van der Waals surface area contributed by atoms with Gasteiger partial charge >= 0.3 is 0 Å². The van der Waals surface area contributed by atoms with E-state index >= 15 is 0 Å². The molecule has 0 spiro atoms. The molecule has 5 nitrogen and oxygen atoms in total. The zero-order valence-corrected chi connectivity index (χ0v) is 10.2. The molecule has 0 aromatic rings. The number of hydrogen-bond acceptors (Lipinski definition) is 4. The first-order chi connectivity index (χ1) is 8.09. The number of halogens is 1. The Morgan fingerprint density at radius 3 is 1.88 bits per heavy atom. The maximum Gasteiger partial charge on any atom is 0.0907 e. The summed E-state index contributed by atoms with van der Waals surface area (Å²) in [5.41, 5.74) is -0.211. The zero-order chi connectivity index (χ0) is 13.7. The van der Waals surface area contributed by atoms with Crippen LogP contribution in [0, 0.1) is 57.3 Å². The SMILES string of the molecule is C[NH2+]C.N#CC(C#N)=CC(Cl)=[C-]C(C#N)C#N. The highest BCUT2D eigenvalue weighted by Crippen LogP contribution is 2.09. The van der Waals surface area contributed by atoms with E-state index in [1.807, 2.05) is 19.4 Å². The first-order valence-corrected chi connectivity index (χ1v) is 4.81. The molecular formula is C11H10ClN5. The molecule has 86 valence electrons. The summed E-state index contributed by atoms with van der Waals surface area (Å²) >= 11 is 5.51. The number of nitriles is 4. The van der Waals surface area contributed by atoms with Crippen molar-refractivity contribution in [1.29, 1.82) is 21.0 Å². The monoisotopic (exact) mass is 247 g/mol. The van der Waals surface area contributed by atoms with Crippen LogP contribution < -0.4 is 5.32 Å². The third-order valence-corrected chi connectivity index (χ3v) is 1.27. The van der Waals surface area contributed by atoms with Crippen LogP contribution in [0.2, 0.25) is 0 Å². The van der Waals surface area contributed by atoms with Gasteiger partial charge in [0, 0.05) is 0 Å². The molecule has 0 amide bonds. The fraction of sp³-hybridized carbons (Fsp3) is 0.273. The van der Waals surface area contributed by atoms with Crippen LogP contribution in [0.15, 0.2) is 16.7 Å². The fourth-order valence-corrected chi connectivity index (χ4v) is 0.707. The van der Waals surface area contributed by atoms with E-state index in [-0.39, 0.29) is 10.6 Å². The quantitative estimate of drug-likeness (QED) is 0.431. The fourth-order valence-electron chi connectivity index (χ4n) is 0.489. The molecule has 0 radical (unpaired) electrons. The van der Waals surface area contributed by atoms with Crippen LogP contribution in [-0.2, 0) is 0 Å². The smallest absolute Gasteiger partial charge is 0.0907 e. The van der Waals surface area contributed by atoms with Crippen molar-refractivity contribution in [2.75, 3.05) is 14.1 Å². The van der Waals surface area contributed by atoms with Gasteiger partial charge in [0.15, 0.2) is 0 Å². The molecule has 0 heterocycles. The minimum absolute atomic E-state index is 0.101. The summed E-state index contributed by atoms with van der Waals surface area (Å²) in [5.74, 6) is -1.10. The van der Waals surface area contributed by atoms with Crippen LogP contribution in [0.1, 0.15) is 0 Å². The number of quaternary nitrogens is 1. The standard InChI is InChI=1S/C9H2ClN4.C2H7N/c10-9(1-7(3-11)4-12)2-8(5-13)6-14;1-3-2/h1,8H;3H,1-2H3/q-1;/p+1. The number of hydrogen-bond donors (Lipinski definition) is 1. The Morgan fingerprint density at radius 1 is 1.18 bits per heavy atom. The van der Waals surface area contributed by atoms with Crippen LogP contribution in [0.25, 0.3) is 0 Å². The number of nitrogens with zero attached hydrogens (tertiary/aromatic N) is 4. The normalized spacial score (nSPS) is 8.59. The molecule has 0 rings (SSSR count). The molecule has 0 aromatic heterocycles. The lowest BCUT2D eigenvalue weighted by molar-refractivity contribution is -0.597. The summed E-state index contributed by atoms with van der Waals surface area (Å²) in [4.78, 5) is 0. The number of rotatable bonds is 2. The highest BCUT2D eigenvalue weighted by atomic mass is 35.5. The van der Waals surface area contributed by atoms with Gasteiger partial charge in [-0.15, -0.1) is 16.6 Å². The van der Waals surface area contributed by atoms with E-state index in [2.05, 4.69) is 6.08 Å². The number of nitrogens with two attached hydrogens (primary N) is 1. The van der Waals surface area contributed by atoms with Gasteiger partial charge in [-0.2, -0.15) is 27.1 Å². The molecule has 0 saturated heterocycles. The first kappa shape index (κ1) is 17.1. The van der Waals surface area contributed by atoms with Crippen LogP contribution >= 0.6 is 11.6 Å².